The lowest BCUT2D eigenvalue weighted by Crippen LogP contribution is -1.95. The number of nitrogens with zero attached hydrogens (tertiary/aromatic N) is 2. The lowest BCUT2D eigenvalue weighted by Gasteiger charge is -2.05. The number of benzene rings is 2. The number of hydrogen-bond donors (Lipinski definition) is 0. The number of allylic oxidation sites excluding steroid dienone is 2. The predicted molar refractivity (Wildman–Crippen MR) is 92.1 cm³/mol. The highest BCUT2D eigenvalue weighted by Crippen LogP contribution is 2.26. The van der Waals surface area contributed by atoms with Gasteiger partial charge in [-0.05, 0) is 23.8 Å². The second-order valence-electron chi connectivity index (χ2n) is 5.49. The van der Waals surface area contributed by atoms with Crippen LogP contribution in [-0.2, 0) is 0 Å². The molecule has 0 aliphatic carbocycles. The van der Waals surface area contributed by atoms with Crippen molar-refractivity contribution in [1.29, 1.82) is 0 Å². The van der Waals surface area contributed by atoms with Gasteiger partial charge in [-0.15, -0.1) is 0 Å². The van der Waals surface area contributed by atoms with Crippen LogP contribution in [-0.4, -0.2) is 9.97 Å². The number of hydrogen-bond acceptors (Lipinski definition) is 2. The Labute approximate surface area is 151 Å². The van der Waals surface area contributed by atoms with Crippen molar-refractivity contribution in [3.8, 4) is 22.5 Å². The predicted octanol–water partition coefficient (Wildman–Crippen LogP) is 6.02. The summed E-state index contributed by atoms with van der Waals surface area (Å²) in [5.74, 6) is -6.32. The molecule has 0 unspecified atom stereocenters. The quantitative estimate of drug-likeness (QED) is 0.317. The molecular formula is C20H11F5N2. The van der Waals surface area contributed by atoms with Crippen LogP contribution < -0.4 is 0 Å². The highest BCUT2D eigenvalue weighted by Gasteiger charge is 2.13. The lowest BCUT2D eigenvalue weighted by molar-refractivity contribution is 0.447. The Hall–Kier alpha value is -3.35. The average molecular weight is 374 g/mol. The molecule has 3 rings (SSSR count). The maximum absolute atomic E-state index is 13.7. The Morgan fingerprint density at radius 2 is 1.37 bits per heavy atom. The summed E-state index contributed by atoms with van der Waals surface area (Å²) in [5, 5.41) is 0. The molecule has 0 saturated carbocycles. The van der Waals surface area contributed by atoms with Crippen LogP contribution in [0, 0.1) is 17.5 Å². The maximum Gasteiger partial charge on any atom is 0.194 e. The Morgan fingerprint density at radius 3 is 1.89 bits per heavy atom. The standard InChI is InChI=1S/C20H11F5N2/c1-2-15(21)18(24)12-5-3-11(4-6-12)14-9-26-20(27-10-14)13-7-16(22)19(25)17(23)8-13/h2-10H,1H2/b18-15+. The highest BCUT2D eigenvalue weighted by atomic mass is 19.2. The van der Waals surface area contributed by atoms with Crippen molar-refractivity contribution in [2.75, 3.05) is 0 Å². The Bertz CT molecular complexity index is 1000. The molecule has 2 nitrogen and oxygen atoms in total. The molecule has 2 aromatic carbocycles. The molecule has 0 saturated heterocycles. The molecule has 3 aromatic rings. The summed E-state index contributed by atoms with van der Waals surface area (Å²) in [6, 6.07) is 7.44. The van der Waals surface area contributed by atoms with Gasteiger partial charge in [-0.3, -0.25) is 0 Å². The summed E-state index contributed by atoms with van der Waals surface area (Å²) in [6.45, 7) is 3.16. The topological polar surface area (TPSA) is 25.8 Å². The zero-order chi connectivity index (χ0) is 19.6. The summed E-state index contributed by atoms with van der Waals surface area (Å²) < 4.78 is 66.6. The molecule has 0 fully saturated rings. The average Bonchev–Trinajstić information content (AvgIpc) is 2.70. The zero-order valence-electron chi connectivity index (χ0n) is 13.7. The van der Waals surface area contributed by atoms with E-state index < -0.39 is 29.1 Å². The van der Waals surface area contributed by atoms with Gasteiger partial charge in [-0.1, -0.05) is 30.8 Å². The molecule has 27 heavy (non-hydrogen) atoms. The van der Waals surface area contributed by atoms with Crippen LogP contribution in [0.15, 0.2) is 67.3 Å². The summed E-state index contributed by atoms with van der Waals surface area (Å²) in [7, 11) is 0. The molecule has 0 aliphatic rings. The van der Waals surface area contributed by atoms with Gasteiger partial charge in [0.1, 0.15) is 0 Å². The Balaban J connectivity index is 1.89. The van der Waals surface area contributed by atoms with Crippen LogP contribution >= 0.6 is 0 Å². The van der Waals surface area contributed by atoms with E-state index in [2.05, 4.69) is 16.5 Å². The van der Waals surface area contributed by atoms with Crippen LogP contribution in [0.2, 0.25) is 0 Å². The smallest absolute Gasteiger partial charge is 0.194 e. The first-order valence-corrected chi connectivity index (χ1v) is 7.66. The van der Waals surface area contributed by atoms with E-state index in [-0.39, 0.29) is 17.0 Å². The molecule has 0 radical (unpaired) electrons. The molecule has 0 aliphatic heterocycles. The van der Waals surface area contributed by atoms with Crippen molar-refractivity contribution < 1.29 is 22.0 Å². The molecule has 136 valence electrons. The minimum Gasteiger partial charge on any atom is -0.236 e. The van der Waals surface area contributed by atoms with Gasteiger partial charge in [0, 0.05) is 29.1 Å². The van der Waals surface area contributed by atoms with Gasteiger partial charge in [0.15, 0.2) is 34.9 Å². The summed E-state index contributed by atoms with van der Waals surface area (Å²) >= 11 is 0. The fourth-order valence-corrected chi connectivity index (χ4v) is 2.35. The Kier molecular flexibility index (Phi) is 5.12. The normalized spacial score (nSPS) is 11.9. The first-order valence-electron chi connectivity index (χ1n) is 7.66. The van der Waals surface area contributed by atoms with Gasteiger partial charge in [0.2, 0.25) is 0 Å². The molecule has 0 N–H and O–H groups in total. The van der Waals surface area contributed by atoms with Crippen molar-refractivity contribution in [3.05, 3.63) is 90.3 Å². The van der Waals surface area contributed by atoms with Crippen molar-refractivity contribution >= 4 is 5.83 Å². The summed E-state index contributed by atoms with van der Waals surface area (Å²) in [6.07, 6.45) is 3.57. The van der Waals surface area contributed by atoms with Crippen LogP contribution in [0.3, 0.4) is 0 Å². The van der Waals surface area contributed by atoms with Crippen LogP contribution in [0.1, 0.15) is 5.56 Å². The molecular weight excluding hydrogens is 363 g/mol. The van der Waals surface area contributed by atoms with Gasteiger partial charge < -0.3 is 0 Å². The molecule has 0 amide bonds. The first kappa shape index (κ1) is 18.4. The van der Waals surface area contributed by atoms with E-state index in [4.69, 9.17) is 0 Å². The third kappa shape index (κ3) is 3.76. The molecule has 0 spiro atoms. The SMILES string of the molecule is C=C/C(F)=C(\F)c1ccc(-c2cnc(-c3cc(F)c(F)c(F)c3)nc2)cc1. The van der Waals surface area contributed by atoms with E-state index in [9.17, 15) is 22.0 Å². The minimum absolute atomic E-state index is 0.00945. The van der Waals surface area contributed by atoms with Gasteiger partial charge in [-0.25, -0.2) is 31.9 Å². The highest BCUT2D eigenvalue weighted by molar-refractivity contribution is 5.69. The van der Waals surface area contributed by atoms with E-state index in [1.807, 2.05) is 0 Å². The number of halogens is 5. The van der Waals surface area contributed by atoms with Gasteiger partial charge in [0.05, 0.1) is 0 Å². The monoisotopic (exact) mass is 374 g/mol. The van der Waals surface area contributed by atoms with Gasteiger partial charge >= 0.3 is 0 Å². The van der Waals surface area contributed by atoms with E-state index in [1.165, 1.54) is 24.5 Å². The van der Waals surface area contributed by atoms with Crippen molar-refractivity contribution in [2.24, 2.45) is 0 Å². The lowest BCUT2D eigenvalue weighted by atomic mass is 10.1. The second-order valence-corrected chi connectivity index (χ2v) is 5.49. The van der Waals surface area contributed by atoms with Crippen molar-refractivity contribution in [1.82, 2.24) is 9.97 Å². The molecule has 0 bridgehead atoms. The summed E-state index contributed by atoms with van der Waals surface area (Å²) in [5.41, 5.74) is 1.20. The van der Waals surface area contributed by atoms with E-state index >= 15 is 0 Å². The van der Waals surface area contributed by atoms with Crippen molar-refractivity contribution in [3.63, 3.8) is 0 Å². The van der Waals surface area contributed by atoms with Gasteiger partial charge in [0.25, 0.3) is 0 Å². The third-order valence-electron chi connectivity index (χ3n) is 3.75. The largest absolute Gasteiger partial charge is 0.236 e. The maximum atomic E-state index is 13.7. The molecule has 7 heteroatoms. The van der Waals surface area contributed by atoms with E-state index in [1.54, 1.807) is 12.1 Å². The van der Waals surface area contributed by atoms with Crippen molar-refractivity contribution in [2.45, 2.75) is 0 Å². The fraction of sp³-hybridized carbons (Fsp3) is 0. The van der Waals surface area contributed by atoms with E-state index in [0.29, 0.717) is 11.1 Å². The minimum atomic E-state index is -1.57. The van der Waals surface area contributed by atoms with E-state index in [0.717, 1.165) is 18.2 Å². The third-order valence-corrected chi connectivity index (χ3v) is 3.75. The molecule has 1 heterocycles. The second kappa shape index (κ2) is 7.49. The molecule has 0 atom stereocenters. The Morgan fingerprint density at radius 1 is 0.815 bits per heavy atom. The number of aromatic nitrogens is 2. The zero-order valence-corrected chi connectivity index (χ0v) is 13.7. The number of rotatable bonds is 4. The van der Waals surface area contributed by atoms with Crippen LogP contribution in [0.5, 0.6) is 0 Å². The first-order chi connectivity index (χ1) is 12.9. The fourth-order valence-electron chi connectivity index (χ4n) is 2.35. The summed E-state index contributed by atoms with van der Waals surface area (Å²) in [4.78, 5) is 8.03. The van der Waals surface area contributed by atoms with Crippen LogP contribution in [0.4, 0.5) is 22.0 Å². The molecule has 1 aromatic heterocycles. The van der Waals surface area contributed by atoms with Gasteiger partial charge in [-0.2, -0.15) is 0 Å². The van der Waals surface area contributed by atoms with Crippen LogP contribution in [0.25, 0.3) is 28.3 Å².